The Morgan fingerprint density at radius 3 is 2.56 bits per heavy atom. The van der Waals surface area contributed by atoms with Crippen molar-refractivity contribution >= 4 is 29.4 Å². The van der Waals surface area contributed by atoms with Gasteiger partial charge in [-0.05, 0) is 42.9 Å². The Bertz CT molecular complexity index is 1180. The molecule has 11 heteroatoms. The molecular weight excluding hydrogens is 542 g/mol. The lowest BCUT2D eigenvalue weighted by Gasteiger charge is -2.32. The molecule has 3 atom stereocenters. The summed E-state index contributed by atoms with van der Waals surface area (Å²) in [6.07, 6.45) is 3.62. The van der Waals surface area contributed by atoms with E-state index in [-0.39, 0.29) is 40.7 Å². The molecule has 0 spiro atoms. The topological polar surface area (TPSA) is 127 Å². The van der Waals surface area contributed by atoms with Crippen molar-refractivity contribution in [1.29, 1.82) is 0 Å². The van der Waals surface area contributed by atoms with Crippen molar-refractivity contribution in [2.24, 2.45) is 11.8 Å². The predicted octanol–water partition coefficient (Wildman–Crippen LogP) is 4.10. The first kappa shape index (κ1) is 31.2. The van der Waals surface area contributed by atoms with Crippen LogP contribution in [0.2, 0.25) is 0 Å². The van der Waals surface area contributed by atoms with Crippen molar-refractivity contribution in [3.63, 3.8) is 0 Å². The number of thioether (sulfide) groups is 1. The number of nitrogens with zero attached hydrogens (tertiary/aromatic N) is 3. The van der Waals surface area contributed by atoms with Gasteiger partial charge < -0.3 is 19.8 Å². The molecule has 4 rings (SSSR count). The van der Waals surface area contributed by atoms with E-state index in [9.17, 15) is 14.4 Å². The second-order valence-corrected chi connectivity index (χ2v) is 13.2. The second-order valence-electron chi connectivity index (χ2n) is 11.7. The molecular formula is C30H43N5O5S. The Balaban J connectivity index is 1.41. The summed E-state index contributed by atoms with van der Waals surface area (Å²) < 4.78 is 11.0. The van der Waals surface area contributed by atoms with E-state index in [1.807, 2.05) is 52.0 Å². The minimum atomic E-state index is -0.782. The molecule has 2 aliphatic rings. The van der Waals surface area contributed by atoms with Crippen LogP contribution in [0.5, 0.6) is 0 Å². The van der Waals surface area contributed by atoms with Gasteiger partial charge in [0.2, 0.25) is 11.7 Å². The number of hydrogen-bond acceptors (Lipinski definition) is 9. The zero-order valence-corrected chi connectivity index (χ0v) is 25.4. The SMILES string of the molecule is CC(C)C[C@H](NC(=O)[C@@H]1CCCC[C@@H]1NC(=O)c1cccc(CN2CCOCC2)c1)C(=O)c1nnc(SC(C)C)o1. The molecule has 1 aliphatic carbocycles. The second kappa shape index (κ2) is 14.9. The summed E-state index contributed by atoms with van der Waals surface area (Å²) in [4.78, 5) is 42.5. The first-order valence-corrected chi connectivity index (χ1v) is 15.6. The van der Waals surface area contributed by atoms with Gasteiger partial charge >= 0.3 is 0 Å². The molecule has 1 saturated carbocycles. The van der Waals surface area contributed by atoms with E-state index in [0.717, 1.165) is 51.3 Å². The fraction of sp³-hybridized carbons (Fsp3) is 0.633. The highest BCUT2D eigenvalue weighted by atomic mass is 32.2. The average Bonchev–Trinajstić information content (AvgIpc) is 3.40. The number of morpholine rings is 1. The van der Waals surface area contributed by atoms with Gasteiger partial charge in [0.1, 0.15) is 0 Å². The molecule has 1 aliphatic heterocycles. The fourth-order valence-electron chi connectivity index (χ4n) is 5.39. The van der Waals surface area contributed by atoms with Crippen molar-refractivity contribution in [1.82, 2.24) is 25.7 Å². The zero-order chi connectivity index (χ0) is 29.4. The number of amides is 2. The van der Waals surface area contributed by atoms with Crippen LogP contribution < -0.4 is 10.6 Å². The number of aromatic nitrogens is 2. The van der Waals surface area contributed by atoms with Gasteiger partial charge in [0.05, 0.1) is 25.2 Å². The number of rotatable bonds is 12. The van der Waals surface area contributed by atoms with Crippen molar-refractivity contribution in [2.75, 3.05) is 26.3 Å². The highest BCUT2D eigenvalue weighted by Gasteiger charge is 2.35. The lowest BCUT2D eigenvalue weighted by atomic mass is 9.83. The number of ether oxygens (including phenoxy) is 1. The van der Waals surface area contributed by atoms with E-state index >= 15 is 0 Å². The number of Topliss-reactive ketones (excluding diaryl/α,β-unsaturated/α-hetero) is 1. The number of carbonyl (C=O) groups is 3. The maximum atomic E-state index is 13.6. The largest absolute Gasteiger partial charge is 0.408 e. The molecule has 2 heterocycles. The molecule has 2 amide bonds. The third kappa shape index (κ3) is 9.11. The molecule has 41 heavy (non-hydrogen) atoms. The Labute approximate surface area is 246 Å². The van der Waals surface area contributed by atoms with E-state index < -0.39 is 12.0 Å². The van der Waals surface area contributed by atoms with Gasteiger partial charge in [0.25, 0.3) is 17.0 Å². The molecule has 10 nitrogen and oxygen atoms in total. The lowest BCUT2D eigenvalue weighted by molar-refractivity contribution is -0.127. The van der Waals surface area contributed by atoms with Crippen LogP contribution in [0.25, 0.3) is 0 Å². The minimum absolute atomic E-state index is 0.0930. The molecule has 2 aromatic rings. The normalized spacial score (nSPS) is 20.6. The quantitative estimate of drug-likeness (QED) is 0.280. The maximum Gasteiger partial charge on any atom is 0.286 e. The monoisotopic (exact) mass is 585 g/mol. The van der Waals surface area contributed by atoms with Crippen LogP contribution in [0.15, 0.2) is 33.9 Å². The van der Waals surface area contributed by atoms with Gasteiger partial charge in [0.15, 0.2) is 0 Å². The van der Waals surface area contributed by atoms with Crippen molar-refractivity contribution in [3.8, 4) is 0 Å². The number of hydrogen-bond donors (Lipinski definition) is 2. The molecule has 0 unspecified atom stereocenters. The van der Waals surface area contributed by atoms with Crippen molar-refractivity contribution in [2.45, 2.75) is 88.9 Å². The van der Waals surface area contributed by atoms with Crippen LogP contribution in [-0.2, 0) is 16.1 Å². The number of nitrogens with one attached hydrogen (secondary N) is 2. The number of carbonyl (C=O) groups excluding carboxylic acids is 3. The van der Waals surface area contributed by atoms with Crippen LogP contribution in [0.1, 0.15) is 86.4 Å². The summed E-state index contributed by atoms with van der Waals surface area (Å²) in [5.74, 6) is -1.17. The summed E-state index contributed by atoms with van der Waals surface area (Å²) in [6.45, 7) is 12.0. The molecule has 1 aromatic carbocycles. The van der Waals surface area contributed by atoms with Crippen LogP contribution in [0.3, 0.4) is 0 Å². The van der Waals surface area contributed by atoms with Gasteiger partial charge in [-0.1, -0.05) is 64.4 Å². The van der Waals surface area contributed by atoms with E-state index in [4.69, 9.17) is 9.15 Å². The summed E-state index contributed by atoms with van der Waals surface area (Å²) in [5, 5.41) is 14.6. The van der Waals surface area contributed by atoms with Crippen LogP contribution in [-0.4, -0.2) is 76.3 Å². The van der Waals surface area contributed by atoms with E-state index in [2.05, 4.69) is 25.7 Å². The highest BCUT2D eigenvalue weighted by molar-refractivity contribution is 7.99. The van der Waals surface area contributed by atoms with Gasteiger partial charge in [-0.15, -0.1) is 10.2 Å². The fourth-order valence-corrected chi connectivity index (χ4v) is 6.01. The minimum Gasteiger partial charge on any atom is -0.408 e. The standard InChI is InChI=1S/C30H43N5O5S/c1-19(2)16-25(26(36)29-33-34-30(40-29)41-20(3)4)32-28(38)23-10-5-6-11-24(23)31-27(37)22-9-7-8-21(17-22)18-35-12-14-39-15-13-35/h7-9,17,19-20,23-25H,5-6,10-16,18H2,1-4H3,(H,31,37)(H,32,38)/t23-,24+,25+/m1/s1. The Kier molecular flexibility index (Phi) is 11.4. The number of benzene rings is 1. The number of ketones is 1. The first-order valence-electron chi connectivity index (χ1n) is 14.7. The molecule has 2 N–H and O–H groups in total. The Morgan fingerprint density at radius 1 is 1.07 bits per heavy atom. The molecule has 0 bridgehead atoms. The molecule has 2 fully saturated rings. The molecule has 1 saturated heterocycles. The molecule has 224 valence electrons. The third-order valence-electron chi connectivity index (χ3n) is 7.41. The van der Waals surface area contributed by atoms with E-state index in [0.29, 0.717) is 30.0 Å². The Hall–Kier alpha value is -2.76. The Morgan fingerprint density at radius 2 is 1.83 bits per heavy atom. The van der Waals surface area contributed by atoms with E-state index in [1.54, 1.807) is 0 Å². The van der Waals surface area contributed by atoms with Crippen LogP contribution in [0.4, 0.5) is 0 Å². The molecule has 0 radical (unpaired) electrons. The summed E-state index contributed by atoms with van der Waals surface area (Å²) in [6, 6.07) is 6.57. The zero-order valence-electron chi connectivity index (χ0n) is 24.6. The smallest absolute Gasteiger partial charge is 0.286 e. The first-order chi connectivity index (χ1) is 19.7. The highest BCUT2D eigenvalue weighted by Crippen LogP contribution is 2.27. The van der Waals surface area contributed by atoms with E-state index in [1.165, 1.54) is 11.8 Å². The lowest BCUT2D eigenvalue weighted by Crippen LogP contribution is -2.52. The van der Waals surface area contributed by atoms with Gasteiger partial charge in [-0.25, -0.2) is 0 Å². The predicted molar refractivity (Wildman–Crippen MR) is 157 cm³/mol. The average molecular weight is 586 g/mol. The maximum absolute atomic E-state index is 13.6. The summed E-state index contributed by atoms with van der Waals surface area (Å²) in [7, 11) is 0. The van der Waals surface area contributed by atoms with Gasteiger partial charge in [-0.3, -0.25) is 19.3 Å². The van der Waals surface area contributed by atoms with Crippen molar-refractivity contribution in [3.05, 3.63) is 41.3 Å². The summed E-state index contributed by atoms with van der Waals surface area (Å²) in [5.41, 5.74) is 1.66. The molecule has 1 aromatic heterocycles. The van der Waals surface area contributed by atoms with Gasteiger partial charge in [0, 0.05) is 36.5 Å². The van der Waals surface area contributed by atoms with Crippen LogP contribution in [0, 0.1) is 11.8 Å². The van der Waals surface area contributed by atoms with Crippen LogP contribution >= 0.6 is 11.8 Å². The third-order valence-corrected chi connectivity index (χ3v) is 8.25. The van der Waals surface area contributed by atoms with Gasteiger partial charge in [-0.2, -0.15) is 0 Å². The van der Waals surface area contributed by atoms with Crippen molar-refractivity contribution < 1.29 is 23.5 Å². The summed E-state index contributed by atoms with van der Waals surface area (Å²) >= 11 is 1.38.